The molecular formula is C22H30N2O4. The average molecular weight is 386 g/mol. The molecule has 3 atom stereocenters. The molecule has 3 aliphatic heterocycles. The zero-order chi connectivity index (χ0) is 19.1. The molecule has 6 heteroatoms. The van der Waals surface area contributed by atoms with E-state index in [1.54, 1.807) is 7.11 Å². The Labute approximate surface area is 166 Å². The molecule has 0 aromatic heterocycles. The number of fused-ring (bicyclic) bond motifs is 2. The lowest BCUT2D eigenvalue weighted by Crippen LogP contribution is -2.47. The van der Waals surface area contributed by atoms with Crippen molar-refractivity contribution in [3.05, 3.63) is 23.8 Å². The van der Waals surface area contributed by atoms with Gasteiger partial charge in [0, 0.05) is 49.1 Å². The second kappa shape index (κ2) is 7.23. The predicted octanol–water partition coefficient (Wildman–Crippen LogP) is 2.06. The van der Waals surface area contributed by atoms with Crippen LogP contribution in [0, 0.1) is 5.92 Å². The molecule has 2 saturated heterocycles. The Kier molecular flexibility index (Phi) is 4.71. The maximum absolute atomic E-state index is 13.5. The van der Waals surface area contributed by atoms with Crippen LogP contribution in [0.2, 0.25) is 0 Å². The first-order chi connectivity index (χ1) is 13.7. The van der Waals surface area contributed by atoms with Gasteiger partial charge in [0.15, 0.2) is 0 Å². The number of amides is 1. The van der Waals surface area contributed by atoms with E-state index in [0.29, 0.717) is 18.6 Å². The van der Waals surface area contributed by atoms with Crippen LogP contribution in [0.1, 0.15) is 31.2 Å². The number of hydrogen-bond acceptors (Lipinski definition) is 5. The molecule has 6 nitrogen and oxygen atoms in total. The largest absolute Gasteiger partial charge is 0.497 e. The number of hydrogen-bond donors (Lipinski definition) is 0. The Bertz CT molecular complexity index is 748. The van der Waals surface area contributed by atoms with Crippen LogP contribution < -0.4 is 9.47 Å². The van der Waals surface area contributed by atoms with Crippen molar-refractivity contribution >= 4 is 5.91 Å². The van der Waals surface area contributed by atoms with Gasteiger partial charge < -0.3 is 19.1 Å². The molecular weight excluding hydrogens is 356 g/mol. The molecule has 0 radical (unpaired) electrons. The molecule has 1 saturated carbocycles. The summed E-state index contributed by atoms with van der Waals surface area (Å²) >= 11 is 0. The zero-order valence-electron chi connectivity index (χ0n) is 16.7. The van der Waals surface area contributed by atoms with Crippen LogP contribution >= 0.6 is 0 Å². The average Bonchev–Trinajstić information content (AvgIpc) is 3.26. The molecule has 0 bridgehead atoms. The van der Waals surface area contributed by atoms with Gasteiger partial charge in [-0.2, -0.15) is 0 Å². The van der Waals surface area contributed by atoms with Gasteiger partial charge in [-0.3, -0.25) is 9.69 Å². The molecule has 0 N–H and O–H groups in total. The van der Waals surface area contributed by atoms with Crippen molar-refractivity contribution in [3.63, 3.8) is 0 Å². The van der Waals surface area contributed by atoms with Crippen molar-refractivity contribution < 1.29 is 19.0 Å². The summed E-state index contributed by atoms with van der Waals surface area (Å²) in [4.78, 5) is 18.1. The Morgan fingerprint density at radius 3 is 2.93 bits per heavy atom. The lowest BCUT2D eigenvalue weighted by Gasteiger charge is -2.34. The minimum Gasteiger partial charge on any atom is -0.497 e. The number of likely N-dealkylation sites (tertiary alicyclic amines) is 1. The lowest BCUT2D eigenvalue weighted by molar-refractivity contribution is -0.134. The van der Waals surface area contributed by atoms with Crippen molar-refractivity contribution in [3.8, 4) is 11.5 Å². The van der Waals surface area contributed by atoms with Gasteiger partial charge in [-0.15, -0.1) is 0 Å². The van der Waals surface area contributed by atoms with E-state index in [2.05, 4.69) is 15.9 Å². The number of rotatable bonds is 4. The fraction of sp³-hybridized carbons (Fsp3) is 0.682. The van der Waals surface area contributed by atoms with Crippen molar-refractivity contribution in [1.29, 1.82) is 0 Å². The zero-order valence-corrected chi connectivity index (χ0v) is 16.7. The SMILES string of the molecule is COc1ccc2c(c1)[C@@]1(CCO2)C[C@@H]1C(=O)N1CCC[C@H]1CN1CCOCC1. The minimum atomic E-state index is -0.0503. The van der Waals surface area contributed by atoms with E-state index in [0.717, 1.165) is 76.6 Å². The molecule has 1 aliphatic carbocycles. The molecule has 3 fully saturated rings. The Hall–Kier alpha value is -1.79. The molecule has 1 spiro atoms. The first kappa shape index (κ1) is 18.3. The van der Waals surface area contributed by atoms with Crippen molar-refractivity contribution in [2.45, 2.75) is 37.1 Å². The number of carbonyl (C=O) groups excluding carboxylic acids is 1. The van der Waals surface area contributed by atoms with E-state index in [1.165, 1.54) is 5.56 Å². The van der Waals surface area contributed by atoms with E-state index in [1.807, 2.05) is 12.1 Å². The highest BCUT2D eigenvalue weighted by Gasteiger charge is 2.62. The Morgan fingerprint density at radius 1 is 1.25 bits per heavy atom. The maximum Gasteiger partial charge on any atom is 0.226 e. The molecule has 1 amide bonds. The van der Waals surface area contributed by atoms with Crippen LogP contribution in [0.15, 0.2) is 18.2 Å². The van der Waals surface area contributed by atoms with Crippen molar-refractivity contribution in [1.82, 2.24) is 9.80 Å². The Balaban J connectivity index is 1.32. The lowest BCUT2D eigenvalue weighted by atomic mass is 9.87. The highest BCUT2D eigenvalue weighted by Crippen LogP contribution is 2.62. The van der Waals surface area contributed by atoms with Crippen LogP contribution in [0.4, 0.5) is 0 Å². The first-order valence-electron chi connectivity index (χ1n) is 10.6. The smallest absolute Gasteiger partial charge is 0.226 e. The van der Waals surface area contributed by atoms with Crippen molar-refractivity contribution in [2.75, 3.05) is 53.1 Å². The maximum atomic E-state index is 13.5. The highest BCUT2D eigenvalue weighted by molar-refractivity contribution is 5.85. The summed E-state index contributed by atoms with van der Waals surface area (Å²) in [5.74, 6) is 2.21. The van der Waals surface area contributed by atoms with Gasteiger partial charge in [-0.25, -0.2) is 0 Å². The molecule has 4 aliphatic rings. The molecule has 152 valence electrons. The summed E-state index contributed by atoms with van der Waals surface area (Å²) in [6.07, 6.45) is 4.10. The van der Waals surface area contributed by atoms with E-state index in [9.17, 15) is 4.79 Å². The number of methoxy groups -OCH3 is 1. The van der Waals surface area contributed by atoms with Crippen LogP contribution in [-0.4, -0.2) is 74.9 Å². The quantitative estimate of drug-likeness (QED) is 0.793. The summed E-state index contributed by atoms with van der Waals surface area (Å²) in [6.45, 7) is 6.17. The summed E-state index contributed by atoms with van der Waals surface area (Å²) in [6, 6.07) is 6.37. The predicted molar refractivity (Wildman–Crippen MR) is 105 cm³/mol. The first-order valence-corrected chi connectivity index (χ1v) is 10.6. The summed E-state index contributed by atoms with van der Waals surface area (Å²) in [7, 11) is 1.69. The molecule has 1 aromatic carbocycles. The topological polar surface area (TPSA) is 51.2 Å². The monoisotopic (exact) mass is 386 g/mol. The van der Waals surface area contributed by atoms with E-state index in [4.69, 9.17) is 14.2 Å². The number of morpholine rings is 1. The number of benzene rings is 1. The van der Waals surface area contributed by atoms with Crippen LogP contribution in [0.3, 0.4) is 0 Å². The highest BCUT2D eigenvalue weighted by atomic mass is 16.5. The summed E-state index contributed by atoms with van der Waals surface area (Å²) < 4.78 is 16.8. The standard InChI is InChI=1S/C22H30N2O4/c1-26-17-4-5-20-18(13-17)22(6-10-28-20)14-19(22)21(25)24-7-2-3-16(24)15-23-8-11-27-12-9-23/h4-5,13,16,19H,2-3,6-12,14-15H2,1H3/t16-,19+,22+/m0/s1. The second-order valence-electron chi connectivity index (χ2n) is 8.61. The molecule has 28 heavy (non-hydrogen) atoms. The van der Waals surface area contributed by atoms with E-state index in [-0.39, 0.29) is 11.3 Å². The second-order valence-corrected chi connectivity index (χ2v) is 8.61. The van der Waals surface area contributed by atoms with Crippen LogP contribution in [0.5, 0.6) is 11.5 Å². The van der Waals surface area contributed by atoms with Gasteiger partial charge in [0.2, 0.25) is 5.91 Å². The van der Waals surface area contributed by atoms with Crippen LogP contribution in [0.25, 0.3) is 0 Å². The number of carbonyl (C=O) groups is 1. The van der Waals surface area contributed by atoms with Gasteiger partial charge >= 0.3 is 0 Å². The van der Waals surface area contributed by atoms with Gasteiger partial charge in [0.25, 0.3) is 0 Å². The van der Waals surface area contributed by atoms with Gasteiger partial charge in [-0.05, 0) is 43.9 Å². The molecule has 3 heterocycles. The van der Waals surface area contributed by atoms with Gasteiger partial charge in [0.05, 0.1) is 26.9 Å². The third-order valence-corrected chi connectivity index (χ3v) is 7.14. The summed E-state index contributed by atoms with van der Waals surface area (Å²) in [5, 5.41) is 0. The third kappa shape index (κ3) is 3.07. The minimum absolute atomic E-state index is 0.0503. The Morgan fingerprint density at radius 2 is 2.11 bits per heavy atom. The van der Waals surface area contributed by atoms with Gasteiger partial charge in [0.1, 0.15) is 11.5 Å². The van der Waals surface area contributed by atoms with Crippen molar-refractivity contribution in [2.24, 2.45) is 5.92 Å². The number of ether oxygens (including phenoxy) is 3. The molecule has 0 unspecified atom stereocenters. The number of nitrogens with zero attached hydrogens (tertiary/aromatic N) is 2. The van der Waals surface area contributed by atoms with E-state index < -0.39 is 0 Å². The van der Waals surface area contributed by atoms with Gasteiger partial charge in [-0.1, -0.05) is 0 Å². The fourth-order valence-corrected chi connectivity index (χ4v) is 5.43. The normalized spacial score (nSPS) is 32.1. The summed E-state index contributed by atoms with van der Waals surface area (Å²) in [5.41, 5.74) is 1.12. The van der Waals surface area contributed by atoms with Crippen LogP contribution in [-0.2, 0) is 14.9 Å². The fourth-order valence-electron chi connectivity index (χ4n) is 5.43. The third-order valence-electron chi connectivity index (χ3n) is 7.14. The van der Waals surface area contributed by atoms with E-state index >= 15 is 0 Å². The molecule has 1 aromatic rings. The molecule has 5 rings (SSSR count).